The van der Waals surface area contributed by atoms with Crippen molar-refractivity contribution >= 4 is 5.97 Å². The van der Waals surface area contributed by atoms with Crippen molar-refractivity contribution in [3.05, 3.63) is 53.3 Å². The number of hydrogen-bond acceptors (Lipinski definition) is 3. The molecule has 0 aromatic heterocycles. The molecule has 0 bridgehead atoms. The summed E-state index contributed by atoms with van der Waals surface area (Å²) in [6.07, 6.45) is 0. The van der Waals surface area contributed by atoms with Crippen LogP contribution in [0, 0.1) is 12.7 Å². The van der Waals surface area contributed by atoms with Crippen LogP contribution in [0.5, 0.6) is 5.75 Å². The summed E-state index contributed by atoms with van der Waals surface area (Å²) in [5.41, 5.74) is 1.87. The van der Waals surface area contributed by atoms with Crippen molar-refractivity contribution in [2.45, 2.75) is 6.92 Å². The number of ether oxygens (including phenoxy) is 1. The molecule has 0 amide bonds. The molecule has 0 saturated heterocycles. The Morgan fingerprint density at radius 2 is 1.95 bits per heavy atom. The maximum atomic E-state index is 14.0. The summed E-state index contributed by atoms with van der Waals surface area (Å²) in [4.78, 5) is 11.3. The van der Waals surface area contributed by atoms with E-state index in [1.165, 1.54) is 25.3 Å². The third-order valence-corrected chi connectivity index (χ3v) is 2.76. The Kier molecular flexibility index (Phi) is 3.51. The third kappa shape index (κ3) is 2.73. The lowest BCUT2D eigenvalue weighted by atomic mass is 10.0. The second-order valence-electron chi connectivity index (χ2n) is 4.24. The minimum atomic E-state index is -0.586. The first-order chi connectivity index (χ1) is 9.01. The zero-order valence-electron chi connectivity index (χ0n) is 10.6. The molecule has 98 valence electrons. The average molecular weight is 260 g/mol. The Morgan fingerprint density at radius 3 is 2.53 bits per heavy atom. The lowest BCUT2D eigenvalue weighted by Crippen LogP contribution is -2.02. The predicted octanol–water partition coefficient (Wildman–Crippen LogP) is 3.29. The fraction of sp³-hybridized carbons (Fsp3) is 0.133. The van der Waals surface area contributed by atoms with Gasteiger partial charge in [0.1, 0.15) is 11.6 Å². The average Bonchev–Trinajstić information content (AvgIpc) is 2.36. The van der Waals surface area contributed by atoms with Gasteiger partial charge in [-0.05, 0) is 42.3 Å². The van der Waals surface area contributed by atoms with E-state index in [4.69, 9.17) is 0 Å². The molecule has 0 spiro atoms. The first-order valence-corrected chi connectivity index (χ1v) is 5.70. The van der Waals surface area contributed by atoms with Gasteiger partial charge in [0.2, 0.25) is 0 Å². The Hall–Kier alpha value is -2.36. The lowest BCUT2D eigenvalue weighted by molar-refractivity contribution is 0.0600. The van der Waals surface area contributed by atoms with E-state index in [0.717, 1.165) is 11.6 Å². The normalized spacial score (nSPS) is 10.3. The maximum Gasteiger partial charge on any atom is 0.337 e. The third-order valence-electron chi connectivity index (χ3n) is 2.76. The van der Waals surface area contributed by atoms with Gasteiger partial charge in [-0.25, -0.2) is 9.18 Å². The van der Waals surface area contributed by atoms with Gasteiger partial charge in [0.05, 0.1) is 12.7 Å². The minimum absolute atomic E-state index is 0.0754. The maximum absolute atomic E-state index is 14.0. The van der Waals surface area contributed by atoms with Crippen LogP contribution in [-0.2, 0) is 4.74 Å². The first kappa shape index (κ1) is 13.1. The van der Waals surface area contributed by atoms with Crippen LogP contribution in [0.1, 0.15) is 15.9 Å². The number of carbonyl (C=O) groups excluding carboxylic acids is 1. The minimum Gasteiger partial charge on any atom is -0.508 e. The van der Waals surface area contributed by atoms with Gasteiger partial charge < -0.3 is 9.84 Å². The van der Waals surface area contributed by atoms with Crippen molar-refractivity contribution in [1.82, 2.24) is 0 Å². The van der Waals surface area contributed by atoms with E-state index < -0.39 is 11.8 Å². The lowest BCUT2D eigenvalue weighted by Gasteiger charge is -2.07. The van der Waals surface area contributed by atoms with Gasteiger partial charge in [0.25, 0.3) is 0 Å². The number of aryl methyl sites for hydroxylation is 1. The molecular weight excluding hydrogens is 247 g/mol. The zero-order chi connectivity index (χ0) is 14.0. The zero-order valence-corrected chi connectivity index (χ0v) is 10.6. The van der Waals surface area contributed by atoms with Crippen molar-refractivity contribution < 1.29 is 19.0 Å². The van der Waals surface area contributed by atoms with E-state index >= 15 is 0 Å². The topological polar surface area (TPSA) is 46.5 Å². The molecular formula is C15H13FO3. The number of hydrogen-bond donors (Lipinski definition) is 1. The molecule has 2 rings (SSSR count). The Labute approximate surface area is 110 Å². The summed E-state index contributed by atoms with van der Waals surface area (Å²) in [7, 11) is 1.24. The fourth-order valence-electron chi connectivity index (χ4n) is 1.91. The molecule has 0 aliphatic heterocycles. The molecule has 2 aromatic carbocycles. The summed E-state index contributed by atoms with van der Waals surface area (Å²) >= 11 is 0. The van der Waals surface area contributed by atoms with Crippen LogP contribution in [0.2, 0.25) is 0 Å². The van der Waals surface area contributed by atoms with Gasteiger partial charge >= 0.3 is 5.97 Å². The number of rotatable bonds is 2. The number of benzene rings is 2. The standard InChI is InChI=1S/C15H13FO3/c1-9-5-11(7-12(17)6-9)13-4-3-10(8-14(13)16)15(18)19-2/h3-8,17H,1-2H3. The van der Waals surface area contributed by atoms with E-state index in [9.17, 15) is 14.3 Å². The van der Waals surface area contributed by atoms with E-state index in [2.05, 4.69) is 4.74 Å². The van der Waals surface area contributed by atoms with Crippen LogP contribution in [0.4, 0.5) is 4.39 Å². The molecule has 1 N–H and O–H groups in total. The second-order valence-corrected chi connectivity index (χ2v) is 4.24. The highest BCUT2D eigenvalue weighted by Gasteiger charge is 2.11. The van der Waals surface area contributed by atoms with Crippen molar-refractivity contribution in [3.63, 3.8) is 0 Å². The molecule has 3 nitrogen and oxygen atoms in total. The van der Waals surface area contributed by atoms with E-state index in [1.807, 2.05) is 6.92 Å². The molecule has 0 atom stereocenters. The molecule has 0 unspecified atom stereocenters. The summed E-state index contributed by atoms with van der Waals surface area (Å²) in [5, 5.41) is 9.53. The SMILES string of the molecule is COC(=O)c1ccc(-c2cc(C)cc(O)c2)c(F)c1. The molecule has 0 aliphatic rings. The van der Waals surface area contributed by atoms with Crippen LogP contribution >= 0.6 is 0 Å². The van der Waals surface area contributed by atoms with Gasteiger partial charge in [-0.15, -0.1) is 0 Å². The van der Waals surface area contributed by atoms with Gasteiger partial charge in [-0.1, -0.05) is 12.1 Å². The molecule has 4 heteroatoms. The van der Waals surface area contributed by atoms with Crippen molar-refractivity contribution in [2.75, 3.05) is 7.11 Å². The van der Waals surface area contributed by atoms with Crippen molar-refractivity contribution in [3.8, 4) is 16.9 Å². The highest BCUT2D eigenvalue weighted by molar-refractivity contribution is 5.90. The smallest absolute Gasteiger partial charge is 0.337 e. The number of halogens is 1. The van der Waals surface area contributed by atoms with Gasteiger partial charge in [0, 0.05) is 5.56 Å². The molecule has 2 aromatic rings. The molecule has 0 radical (unpaired) electrons. The quantitative estimate of drug-likeness (QED) is 0.843. The largest absolute Gasteiger partial charge is 0.508 e. The number of phenolic OH excluding ortho intramolecular Hbond substituents is 1. The van der Waals surface area contributed by atoms with Gasteiger partial charge in [0.15, 0.2) is 0 Å². The summed E-state index contributed by atoms with van der Waals surface area (Å²) in [6.45, 7) is 1.81. The molecule has 0 fully saturated rings. The van der Waals surface area contributed by atoms with Crippen LogP contribution < -0.4 is 0 Å². The van der Waals surface area contributed by atoms with Gasteiger partial charge in [-0.3, -0.25) is 0 Å². The molecule has 0 saturated carbocycles. The van der Waals surface area contributed by atoms with Gasteiger partial charge in [-0.2, -0.15) is 0 Å². The Balaban J connectivity index is 2.49. The van der Waals surface area contributed by atoms with Crippen LogP contribution in [0.15, 0.2) is 36.4 Å². The number of phenols is 1. The molecule has 0 heterocycles. The van der Waals surface area contributed by atoms with E-state index in [0.29, 0.717) is 11.1 Å². The number of esters is 1. The highest BCUT2D eigenvalue weighted by atomic mass is 19.1. The van der Waals surface area contributed by atoms with E-state index in [-0.39, 0.29) is 11.3 Å². The summed E-state index contributed by atoms with van der Waals surface area (Å²) < 4.78 is 18.5. The van der Waals surface area contributed by atoms with Crippen LogP contribution in [0.25, 0.3) is 11.1 Å². The molecule has 0 aliphatic carbocycles. The Morgan fingerprint density at radius 1 is 1.21 bits per heavy atom. The monoisotopic (exact) mass is 260 g/mol. The van der Waals surface area contributed by atoms with E-state index in [1.54, 1.807) is 12.1 Å². The summed E-state index contributed by atoms with van der Waals surface area (Å²) in [6, 6.07) is 8.93. The van der Waals surface area contributed by atoms with Crippen molar-refractivity contribution in [1.29, 1.82) is 0 Å². The predicted molar refractivity (Wildman–Crippen MR) is 69.6 cm³/mol. The Bertz CT molecular complexity index is 615. The highest BCUT2D eigenvalue weighted by Crippen LogP contribution is 2.28. The fourth-order valence-corrected chi connectivity index (χ4v) is 1.91. The number of methoxy groups -OCH3 is 1. The van der Waals surface area contributed by atoms with Crippen LogP contribution in [-0.4, -0.2) is 18.2 Å². The molecule has 19 heavy (non-hydrogen) atoms. The number of aromatic hydroxyl groups is 1. The number of carbonyl (C=O) groups is 1. The summed E-state index contributed by atoms with van der Waals surface area (Å²) in [5.74, 6) is -1.04. The first-order valence-electron chi connectivity index (χ1n) is 5.70. The van der Waals surface area contributed by atoms with Crippen LogP contribution in [0.3, 0.4) is 0 Å². The van der Waals surface area contributed by atoms with Crippen molar-refractivity contribution in [2.24, 2.45) is 0 Å². The second kappa shape index (κ2) is 5.10.